The summed E-state index contributed by atoms with van der Waals surface area (Å²) < 4.78 is 22.0. The van der Waals surface area contributed by atoms with E-state index in [2.05, 4.69) is 5.32 Å². The van der Waals surface area contributed by atoms with Crippen LogP contribution in [0.1, 0.15) is 6.42 Å². The summed E-state index contributed by atoms with van der Waals surface area (Å²) in [5.41, 5.74) is 6.02. The smallest absolute Gasteiger partial charge is 0.241 e. The number of sulfone groups is 1. The van der Waals surface area contributed by atoms with Crippen molar-refractivity contribution in [2.75, 3.05) is 17.3 Å². The maximum Gasteiger partial charge on any atom is 0.241 e. The fraction of sp³-hybridized carbons (Fsp3) is 0.364. The highest BCUT2D eigenvalue weighted by atomic mass is 35.5. The molecule has 0 aliphatic heterocycles. The molecule has 0 heterocycles. The van der Waals surface area contributed by atoms with Crippen molar-refractivity contribution in [2.24, 2.45) is 5.73 Å². The predicted octanol–water partition coefficient (Wildman–Crippen LogP) is 1.69. The highest BCUT2D eigenvalue weighted by molar-refractivity contribution is 7.90. The summed E-state index contributed by atoms with van der Waals surface area (Å²) in [5.74, 6) is -0.625. The lowest BCUT2D eigenvalue weighted by molar-refractivity contribution is -0.117. The van der Waals surface area contributed by atoms with Crippen molar-refractivity contribution in [3.05, 3.63) is 28.2 Å². The van der Waals surface area contributed by atoms with Gasteiger partial charge in [-0.3, -0.25) is 4.79 Å². The SMILES string of the molecule is CS(=O)(=O)CCC(N)C(=O)Nc1cc(Cl)cc(Cl)c1. The van der Waals surface area contributed by atoms with E-state index in [9.17, 15) is 13.2 Å². The first-order valence-electron chi connectivity index (χ1n) is 5.37. The maximum atomic E-state index is 11.7. The van der Waals surface area contributed by atoms with Crippen molar-refractivity contribution in [1.29, 1.82) is 0 Å². The Morgan fingerprint density at radius 2 is 1.84 bits per heavy atom. The van der Waals surface area contributed by atoms with Gasteiger partial charge >= 0.3 is 0 Å². The van der Waals surface area contributed by atoms with Gasteiger partial charge in [-0.1, -0.05) is 23.2 Å². The number of carbonyl (C=O) groups excluding carboxylic acids is 1. The van der Waals surface area contributed by atoms with Crippen LogP contribution in [0.2, 0.25) is 10.0 Å². The van der Waals surface area contributed by atoms with E-state index in [1.54, 1.807) is 0 Å². The fourth-order valence-electron chi connectivity index (χ4n) is 1.33. The van der Waals surface area contributed by atoms with Gasteiger partial charge in [0, 0.05) is 22.0 Å². The molecule has 106 valence electrons. The minimum atomic E-state index is -3.14. The first-order valence-corrected chi connectivity index (χ1v) is 8.19. The van der Waals surface area contributed by atoms with Gasteiger partial charge in [0.2, 0.25) is 5.91 Å². The second kappa shape index (κ2) is 6.56. The summed E-state index contributed by atoms with van der Waals surface area (Å²) in [6.07, 6.45) is 1.15. The molecule has 5 nitrogen and oxygen atoms in total. The lowest BCUT2D eigenvalue weighted by Gasteiger charge is -2.12. The van der Waals surface area contributed by atoms with Gasteiger partial charge in [-0.25, -0.2) is 8.42 Å². The third-order valence-electron chi connectivity index (χ3n) is 2.27. The highest BCUT2D eigenvalue weighted by Crippen LogP contribution is 2.22. The number of benzene rings is 1. The first kappa shape index (κ1) is 16.2. The molecule has 0 saturated carbocycles. The Bertz CT molecular complexity index is 555. The van der Waals surface area contributed by atoms with Crippen LogP contribution in [0.25, 0.3) is 0 Å². The van der Waals surface area contributed by atoms with E-state index in [-0.39, 0.29) is 12.2 Å². The molecule has 0 aliphatic carbocycles. The summed E-state index contributed by atoms with van der Waals surface area (Å²) in [6.45, 7) is 0. The number of hydrogen-bond acceptors (Lipinski definition) is 4. The number of nitrogens with one attached hydrogen (secondary N) is 1. The zero-order valence-electron chi connectivity index (χ0n) is 10.2. The van der Waals surface area contributed by atoms with Gasteiger partial charge in [-0.15, -0.1) is 0 Å². The van der Waals surface area contributed by atoms with E-state index in [0.717, 1.165) is 6.26 Å². The number of halogens is 2. The monoisotopic (exact) mass is 324 g/mol. The zero-order chi connectivity index (χ0) is 14.6. The van der Waals surface area contributed by atoms with E-state index < -0.39 is 21.8 Å². The summed E-state index contributed by atoms with van der Waals surface area (Å²) in [5, 5.41) is 3.30. The number of nitrogens with two attached hydrogens (primary N) is 1. The number of rotatable bonds is 5. The van der Waals surface area contributed by atoms with Gasteiger partial charge in [0.25, 0.3) is 0 Å². The third-order valence-corrected chi connectivity index (χ3v) is 3.68. The molecule has 0 saturated heterocycles. The largest absolute Gasteiger partial charge is 0.325 e. The van der Waals surface area contributed by atoms with Crippen molar-refractivity contribution in [3.63, 3.8) is 0 Å². The maximum absolute atomic E-state index is 11.7. The zero-order valence-corrected chi connectivity index (χ0v) is 12.5. The molecule has 8 heteroatoms. The van der Waals surface area contributed by atoms with Crippen LogP contribution >= 0.6 is 23.2 Å². The van der Waals surface area contributed by atoms with Gasteiger partial charge in [0.15, 0.2) is 0 Å². The van der Waals surface area contributed by atoms with Crippen LogP contribution < -0.4 is 11.1 Å². The normalized spacial score (nSPS) is 13.1. The average Bonchev–Trinajstić information content (AvgIpc) is 2.23. The Morgan fingerprint density at radius 3 is 2.32 bits per heavy atom. The van der Waals surface area contributed by atoms with Crippen LogP contribution in [0.3, 0.4) is 0 Å². The number of amides is 1. The van der Waals surface area contributed by atoms with E-state index >= 15 is 0 Å². The molecule has 1 aromatic carbocycles. The Kier molecular flexibility index (Phi) is 5.61. The molecule has 3 N–H and O–H groups in total. The molecule has 1 unspecified atom stereocenters. The minimum absolute atomic E-state index is 0.0545. The highest BCUT2D eigenvalue weighted by Gasteiger charge is 2.16. The summed E-state index contributed by atoms with van der Waals surface area (Å²) in [6, 6.07) is 3.67. The second-order valence-corrected chi connectivity index (χ2v) is 7.31. The van der Waals surface area contributed by atoms with Crippen LogP contribution in [0.4, 0.5) is 5.69 Å². The molecule has 0 aliphatic rings. The lowest BCUT2D eigenvalue weighted by Crippen LogP contribution is -2.37. The Hall–Kier alpha value is -0.820. The van der Waals surface area contributed by atoms with Crippen LogP contribution in [-0.4, -0.2) is 32.4 Å². The van der Waals surface area contributed by atoms with E-state index in [4.69, 9.17) is 28.9 Å². The van der Waals surface area contributed by atoms with Crippen LogP contribution in [0.15, 0.2) is 18.2 Å². The minimum Gasteiger partial charge on any atom is -0.325 e. The standard InChI is InChI=1S/C11H14Cl2N2O3S/c1-19(17,18)3-2-10(14)11(16)15-9-5-7(12)4-8(13)6-9/h4-6,10H,2-3,14H2,1H3,(H,15,16). The van der Waals surface area contributed by atoms with Gasteiger partial charge in [-0.2, -0.15) is 0 Å². The van der Waals surface area contributed by atoms with E-state index in [1.807, 2.05) is 0 Å². The fourth-order valence-corrected chi connectivity index (χ4v) is 2.54. The van der Waals surface area contributed by atoms with Crippen molar-refractivity contribution in [1.82, 2.24) is 0 Å². The molecular weight excluding hydrogens is 311 g/mol. The molecule has 0 bridgehead atoms. The molecule has 19 heavy (non-hydrogen) atoms. The van der Waals surface area contributed by atoms with Gasteiger partial charge < -0.3 is 11.1 Å². The van der Waals surface area contributed by atoms with Crippen LogP contribution in [0.5, 0.6) is 0 Å². The van der Waals surface area contributed by atoms with Crippen molar-refractivity contribution < 1.29 is 13.2 Å². The molecule has 0 radical (unpaired) electrons. The number of hydrogen-bond donors (Lipinski definition) is 2. The quantitative estimate of drug-likeness (QED) is 0.862. The lowest BCUT2D eigenvalue weighted by atomic mass is 10.2. The first-order chi connectivity index (χ1) is 8.67. The molecular formula is C11H14Cl2N2O3S. The van der Waals surface area contributed by atoms with Gasteiger partial charge in [0.05, 0.1) is 11.8 Å². The molecule has 0 aromatic heterocycles. The summed E-state index contributed by atoms with van der Waals surface area (Å²) in [4.78, 5) is 11.7. The second-order valence-electron chi connectivity index (χ2n) is 4.17. The van der Waals surface area contributed by atoms with Gasteiger partial charge in [-0.05, 0) is 24.6 Å². The van der Waals surface area contributed by atoms with E-state index in [1.165, 1.54) is 18.2 Å². The van der Waals surface area contributed by atoms with E-state index in [0.29, 0.717) is 15.7 Å². The van der Waals surface area contributed by atoms with Crippen molar-refractivity contribution in [3.8, 4) is 0 Å². The summed E-state index contributed by atoms with van der Waals surface area (Å²) >= 11 is 11.6. The molecule has 0 fully saturated rings. The predicted molar refractivity (Wildman–Crippen MR) is 77.4 cm³/mol. The van der Waals surface area contributed by atoms with Crippen LogP contribution in [0, 0.1) is 0 Å². The summed E-state index contributed by atoms with van der Waals surface area (Å²) in [7, 11) is -3.14. The number of anilines is 1. The Morgan fingerprint density at radius 1 is 1.32 bits per heavy atom. The molecule has 1 rings (SSSR count). The Balaban J connectivity index is 2.63. The molecule has 1 aromatic rings. The Labute approximate surface area is 122 Å². The molecule has 0 spiro atoms. The van der Waals surface area contributed by atoms with Gasteiger partial charge in [0.1, 0.15) is 9.84 Å². The van der Waals surface area contributed by atoms with Crippen molar-refractivity contribution >= 4 is 44.6 Å². The van der Waals surface area contributed by atoms with Crippen molar-refractivity contribution in [2.45, 2.75) is 12.5 Å². The molecule has 1 atom stereocenters. The molecule has 1 amide bonds. The average molecular weight is 325 g/mol. The third kappa shape index (κ3) is 6.24. The topological polar surface area (TPSA) is 89.3 Å². The van der Waals surface area contributed by atoms with Crippen LogP contribution in [-0.2, 0) is 14.6 Å². The number of carbonyl (C=O) groups is 1.